The van der Waals surface area contributed by atoms with Crippen LogP contribution in [0.2, 0.25) is 0 Å². The lowest BCUT2D eigenvalue weighted by Gasteiger charge is -2.23. The number of benzene rings is 1. The van der Waals surface area contributed by atoms with Crippen molar-refractivity contribution in [2.24, 2.45) is 5.92 Å². The minimum atomic E-state index is -0.317. The van der Waals surface area contributed by atoms with Gasteiger partial charge >= 0.3 is 6.03 Å². The fourth-order valence-corrected chi connectivity index (χ4v) is 2.17. The van der Waals surface area contributed by atoms with Crippen molar-refractivity contribution in [3.8, 4) is 5.75 Å². The van der Waals surface area contributed by atoms with Crippen LogP contribution in [-0.4, -0.2) is 18.3 Å². The molecular weight excluding hydrogens is 282 g/mol. The summed E-state index contributed by atoms with van der Waals surface area (Å²) in [4.78, 5) is 12.1. The molecule has 1 atom stereocenters. The molecule has 0 radical (unpaired) electrons. The Labute approximate surface area is 129 Å². The highest BCUT2D eigenvalue weighted by atomic mass is 16.5. The maximum atomic E-state index is 12.1. The van der Waals surface area contributed by atoms with Gasteiger partial charge in [0.15, 0.2) is 5.82 Å². The van der Waals surface area contributed by atoms with E-state index in [1.54, 1.807) is 20.1 Å². The Morgan fingerprint density at radius 1 is 1.27 bits per heavy atom. The summed E-state index contributed by atoms with van der Waals surface area (Å²) in [5.41, 5.74) is 1.02. The number of hydrogen-bond donors (Lipinski definition) is 2. The Morgan fingerprint density at radius 3 is 2.45 bits per heavy atom. The summed E-state index contributed by atoms with van der Waals surface area (Å²) in [5, 5.41) is 9.36. The van der Waals surface area contributed by atoms with Gasteiger partial charge in [-0.1, -0.05) is 31.1 Å². The normalized spacial score (nSPS) is 12.0. The molecule has 1 aromatic carbocycles. The topological polar surface area (TPSA) is 76.4 Å². The Morgan fingerprint density at radius 2 is 1.95 bits per heavy atom. The molecule has 2 N–H and O–H groups in total. The summed E-state index contributed by atoms with van der Waals surface area (Å²) in [6.45, 7) is 5.87. The highest BCUT2D eigenvalue weighted by Gasteiger charge is 2.19. The summed E-state index contributed by atoms with van der Waals surface area (Å²) in [6, 6.07) is 8.89. The molecule has 2 rings (SSSR count). The lowest BCUT2D eigenvalue weighted by atomic mass is 9.96. The second kappa shape index (κ2) is 6.98. The zero-order chi connectivity index (χ0) is 16.1. The standard InChI is InChI=1S/C16H21N3O3/c1-10(2)15(12-5-7-13(21-4)8-6-12)18-16(20)17-14-9-11(3)22-19-14/h5-10,15H,1-4H3,(H2,17,18,19,20). The first kappa shape index (κ1) is 15.9. The van der Waals surface area contributed by atoms with Crippen molar-refractivity contribution in [2.75, 3.05) is 12.4 Å². The molecule has 2 amide bonds. The minimum Gasteiger partial charge on any atom is -0.497 e. The number of carbonyl (C=O) groups is 1. The van der Waals surface area contributed by atoms with Crippen molar-refractivity contribution in [2.45, 2.75) is 26.8 Å². The van der Waals surface area contributed by atoms with Gasteiger partial charge in [-0.3, -0.25) is 5.32 Å². The summed E-state index contributed by atoms with van der Waals surface area (Å²) in [7, 11) is 1.63. The predicted molar refractivity (Wildman–Crippen MR) is 84.0 cm³/mol. The summed E-state index contributed by atoms with van der Waals surface area (Å²) in [6.07, 6.45) is 0. The van der Waals surface area contributed by atoms with Gasteiger partial charge in [0.1, 0.15) is 11.5 Å². The van der Waals surface area contributed by atoms with Crippen molar-refractivity contribution < 1.29 is 14.1 Å². The molecule has 2 aromatic rings. The van der Waals surface area contributed by atoms with Gasteiger partial charge in [0, 0.05) is 6.07 Å². The van der Waals surface area contributed by atoms with Gasteiger partial charge in [0.25, 0.3) is 0 Å². The summed E-state index contributed by atoms with van der Waals surface area (Å²) in [5.74, 6) is 2.06. The largest absolute Gasteiger partial charge is 0.497 e. The highest BCUT2D eigenvalue weighted by Crippen LogP contribution is 2.24. The molecule has 0 aliphatic heterocycles. The molecule has 6 nitrogen and oxygen atoms in total. The molecule has 0 aliphatic rings. The number of methoxy groups -OCH3 is 1. The van der Waals surface area contributed by atoms with Crippen molar-refractivity contribution in [3.63, 3.8) is 0 Å². The number of aromatic nitrogens is 1. The van der Waals surface area contributed by atoms with Crippen LogP contribution in [0.3, 0.4) is 0 Å². The molecule has 0 fully saturated rings. The second-order valence-corrected chi connectivity index (χ2v) is 5.42. The van der Waals surface area contributed by atoms with Gasteiger partial charge < -0.3 is 14.6 Å². The van der Waals surface area contributed by atoms with E-state index in [4.69, 9.17) is 9.26 Å². The van der Waals surface area contributed by atoms with Crippen LogP contribution < -0.4 is 15.4 Å². The van der Waals surface area contributed by atoms with E-state index in [1.165, 1.54) is 0 Å². The van der Waals surface area contributed by atoms with Crippen LogP contribution in [-0.2, 0) is 0 Å². The summed E-state index contributed by atoms with van der Waals surface area (Å²) >= 11 is 0. The number of anilines is 1. The molecule has 1 unspecified atom stereocenters. The van der Waals surface area contributed by atoms with Gasteiger partial charge in [-0.15, -0.1) is 0 Å². The van der Waals surface area contributed by atoms with E-state index in [0.717, 1.165) is 11.3 Å². The lowest BCUT2D eigenvalue weighted by molar-refractivity contribution is 0.244. The van der Waals surface area contributed by atoms with E-state index in [2.05, 4.69) is 29.6 Å². The van der Waals surface area contributed by atoms with Crippen LogP contribution in [0.5, 0.6) is 5.75 Å². The Hall–Kier alpha value is -2.50. The van der Waals surface area contributed by atoms with Gasteiger partial charge in [-0.05, 0) is 30.5 Å². The van der Waals surface area contributed by atoms with E-state index in [-0.39, 0.29) is 18.0 Å². The SMILES string of the molecule is COc1ccc(C(NC(=O)Nc2cc(C)on2)C(C)C)cc1. The van der Waals surface area contributed by atoms with Gasteiger partial charge in [-0.2, -0.15) is 0 Å². The molecule has 0 spiro atoms. The fourth-order valence-electron chi connectivity index (χ4n) is 2.17. The van der Waals surface area contributed by atoms with Crippen LogP contribution in [0.15, 0.2) is 34.9 Å². The van der Waals surface area contributed by atoms with E-state index in [0.29, 0.717) is 11.6 Å². The molecule has 1 heterocycles. The molecule has 6 heteroatoms. The number of hydrogen-bond acceptors (Lipinski definition) is 4. The van der Waals surface area contributed by atoms with Crippen molar-refractivity contribution in [3.05, 3.63) is 41.7 Å². The molecule has 118 valence electrons. The maximum absolute atomic E-state index is 12.1. The Balaban J connectivity index is 2.05. The van der Waals surface area contributed by atoms with Gasteiger partial charge in [0.05, 0.1) is 13.2 Å². The zero-order valence-electron chi connectivity index (χ0n) is 13.2. The number of ether oxygens (including phenoxy) is 1. The Kier molecular flexibility index (Phi) is 5.04. The van der Waals surface area contributed by atoms with Crippen molar-refractivity contribution in [1.29, 1.82) is 0 Å². The fraction of sp³-hybridized carbons (Fsp3) is 0.375. The number of carbonyl (C=O) groups excluding carboxylic acids is 1. The van der Waals surface area contributed by atoms with Crippen LogP contribution in [0.4, 0.5) is 10.6 Å². The monoisotopic (exact) mass is 303 g/mol. The molecule has 22 heavy (non-hydrogen) atoms. The first-order valence-electron chi connectivity index (χ1n) is 7.14. The molecule has 0 saturated carbocycles. The average Bonchev–Trinajstić information content (AvgIpc) is 2.89. The second-order valence-electron chi connectivity index (χ2n) is 5.42. The zero-order valence-corrected chi connectivity index (χ0v) is 13.2. The smallest absolute Gasteiger partial charge is 0.320 e. The molecule has 1 aromatic heterocycles. The van der Waals surface area contributed by atoms with Crippen LogP contribution >= 0.6 is 0 Å². The number of nitrogens with zero attached hydrogens (tertiary/aromatic N) is 1. The Bertz CT molecular complexity index is 620. The third kappa shape index (κ3) is 4.00. The molecule has 0 saturated heterocycles. The third-order valence-electron chi connectivity index (χ3n) is 3.30. The minimum absolute atomic E-state index is 0.112. The number of aryl methyl sites for hydroxylation is 1. The molecule has 0 bridgehead atoms. The van der Waals surface area contributed by atoms with Crippen LogP contribution in [0.25, 0.3) is 0 Å². The number of nitrogens with one attached hydrogen (secondary N) is 2. The molecular formula is C16H21N3O3. The van der Waals surface area contributed by atoms with Crippen molar-refractivity contribution in [1.82, 2.24) is 10.5 Å². The third-order valence-corrected chi connectivity index (χ3v) is 3.30. The number of amides is 2. The molecule has 0 aliphatic carbocycles. The summed E-state index contributed by atoms with van der Waals surface area (Å²) < 4.78 is 10.1. The van der Waals surface area contributed by atoms with Crippen LogP contribution in [0, 0.1) is 12.8 Å². The van der Waals surface area contributed by atoms with E-state index >= 15 is 0 Å². The lowest BCUT2D eigenvalue weighted by Crippen LogP contribution is -2.35. The average molecular weight is 303 g/mol. The maximum Gasteiger partial charge on any atom is 0.320 e. The highest BCUT2D eigenvalue weighted by molar-refractivity contribution is 5.88. The number of rotatable bonds is 5. The van der Waals surface area contributed by atoms with E-state index in [1.807, 2.05) is 24.3 Å². The van der Waals surface area contributed by atoms with E-state index in [9.17, 15) is 4.79 Å². The number of urea groups is 1. The first-order chi connectivity index (χ1) is 10.5. The predicted octanol–water partition coefficient (Wildman–Crippen LogP) is 3.51. The van der Waals surface area contributed by atoms with Crippen LogP contribution in [0.1, 0.15) is 31.2 Å². The van der Waals surface area contributed by atoms with Crippen molar-refractivity contribution >= 4 is 11.8 Å². The van der Waals surface area contributed by atoms with E-state index < -0.39 is 0 Å². The van der Waals surface area contributed by atoms with Gasteiger partial charge in [-0.25, -0.2) is 4.79 Å². The quantitative estimate of drug-likeness (QED) is 0.886. The first-order valence-corrected chi connectivity index (χ1v) is 7.14. The van der Waals surface area contributed by atoms with Gasteiger partial charge in [0.2, 0.25) is 0 Å².